The van der Waals surface area contributed by atoms with E-state index in [9.17, 15) is 4.79 Å². The minimum absolute atomic E-state index is 0.00599. The zero-order valence-corrected chi connectivity index (χ0v) is 13.5. The molecule has 1 saturated carbocycles. The predicted octanol–water partition coefficient (Wildman–Crippen LogP) is 2.99. The van der Waals surface area contributed by atoms with Gasteiger partial charge in [0.15, 0.2) is 0 Å². The lowest BCUT2D eigenvalue weighted by molar-refractivity contribution is 0.0951. The molecule has 0 aliphatic heterocycles. The van der Waals surface area contributed by atoms with Crippen molar-refractivity contribution in [3.63, 3.8) is 0 Å². The number of hydrogen-bond donors (Lipinski definition) is 1. The minimum Gasteiger partial charge on any atom is -0.497 e. The van der Waals surface area contributed by atoms with Gasteiger partial charge in [0.2, 0.25) is 0 Å². The fraction of sp³-hybridized carbons (Fsp3) is 0.263. The lowest BCUT2D eigenvalue weighted by Gasteiger charge is -2.07. The summed E-state index contributed by atoms with van der Waals surface area (Å²) in [6, 6.07) is 14.0. The number of carbonyl (C=O) groups excluding carboxylic acids is 1. The maximum absolute atomic E-state index is 12.3. The average molecular weight is 321 g/mol. The van der Waals surface area contributed by atoms with Crippen LogP contribution >= 0.6 is 0 Å². The van der Waals surface area contributed by atoms with E-state index in [0.717, 1.165) is 35.1 Å². The van der Waals surface area contributed by atoms with Gasteiger partial charge in [-0.2, -0.15) is 5.10 Å². The molecule has 2 aromatic carbocycles. The summed E-state index contributed by atoms with van der Waals surface area (Å²) < 4.78 is 7.19. The monoisotopic (exact) mass is 321 g/mol. The van der Waals surface area contributed by atoms with Gasteiger partial charge < -0.3 is 10.1 Å². The van der Waals surface area contributed by atoms with Gasteiger partial charge in [-0.15, -0.1) is 0 Å². The Kier molecular flexibility index (Phi) is 3.69. The molecule has 0 spiro atoms. The van der Waals surface area contributed by atoms with Crippen LogP contribution in [-0.4, -0.2) is 28.8 Å². The lowest BCUT2D eigenvalue weighted by atomic mass is 10.1. The van der Waals surface area contributed by atoms with E-state index >= 15 is 0 Å². The molecule has 4 rings (SSSR count). The smallest absolute Gasteiger partial charge is 0.251 e. The highest BCUT2D eigenvalue weighted by molar-refractivity contribution is 5.98. The van der Waals surface area contributed by atoms with Crippen molar-refractivity contribution in [2.75, 3.05) is 7.11 Å². The lowest BCUT2D eigenvalue weighted by Crippen LogP contribution is -2.25. The number of rotatable bonds is 5. The highest BCUT2D eigenvalue weighted by Crippen LogP contribution is 2.22. The van der Waals surface area contributed by atoms with Crippen LogP contribution in [0.15, 0.2) is 48.7 Å². The fourth-order valence-corrected chi connectivity index (χ4v) is 2.78. The molecule has 0 saturated heterocycles. The van der Waals surface area contributed by atoms with Crippen LogP contribution in [0.5, 0.6) is 5.75 Å². The van der Waals surface area contributed by atoms with Crippen LogP contribution in [-0.2, 0) is 6.54 Å². The third-order valence-corrected chi connectivity index (χ3v) is 4.29. The highest BCUT2D eigenvalue weighted by atomic mass is 16.5. The van der Waals surface area contributed by atoms with Crippen molar-refractivity contribution in [3.8, 4) is 5.75 Å². The van der Waals surface area contributed by atoms with E-state index in [1.165, 1.54) is 0 Å². The normalized spacial score (nSPS) is 13.9. The first-order chi connectivity index (χ1) is 11.7. The molecule has 1 N–H and O–H groups in total. The Morgan fingerprint density at radius 1 is 1.29 bits per heavy atom. The molecule has 0 radical (unpaired) electrons. The van der Waals surface area contributed by atoms with E-state index in [0.29, 0.717) is 18.2 Å². The Labute approximate surface area is 140 Å². The maximum atomic E-state index is 12.3. The molecule has 1 amide bonds. The molecular weight excluding hydrogens is 302 g/mol. The van der Waals surface area contributed by atoms with Gasteiger partial charge in [0.05, 0.1) is 25.4 Å². The SMILES string of the molecule is COc1cccc(Cn2ncc3ccc(C(=O)NC4CC4)cc32)c1. The number of hydrogen-bond acceptors (Lipinski definition) is 3. The predicted molar refractivity (Wildman–Crippen MR) is 92.3 cm³/mol. The fourth-order valence-electron chi connectivity index (χ4n) is 2.78. The molecular formula is C19H19N3O2. The number of carbonyl (C=O) groups is 1. The molecule has 0 bridgehead atoms. The quantitative estimate of drug-likeness (QED) is 0.786. The van der Waals surface area contributed by atoms with E-state index in [2.05, 4.69) is 10.4 Å². The maximum Gasteiger partial charge on any atom is 0.251 e. The standard InChI is InChI=1S/C19H19N3O2/c1-24-17-4-2-3-13(9-17)12-22-18-10-14(5-6-15(18)11-20-22)19(23)21-16-7-8-16/h2-6,9-11,16H,7-8,12H2,1H3,(H,21,23). The van der Waals surface area contributed by atoms with E-state index in [-0.39, 0.29) is 5.91 Å². The molecule has 1 aromatic heterocycles. The van der Waals surface area contributed by atoms with Gasteiger partial charge in [0.25, 0.3) is 5.91 Å². The third kappa shape index (κ3) is 2.97. The molecule has 5 nitrogen and oxygen atoms in total. The number of nitrogens with one attached hydrogen (secondary N) is 1. The molecule has 24 heavy (non-hydrogen) atoms. The molecule has 1 aliphatic rings. The summed E-state index contributed by atoms with van der Waals surface area (Å²) in [6.45, 7) is 0.633. The van der Waals surface area contributed by atoms with Crippen molar-refractivity contribution in [3.05, 3.63) is 59.8 Å². The number of fused-ring (bicyclic) bond motifs is 1. The Hall–Kier alpha value is -2.82. The molecule has 0 atom stereocenters. The first-order valence-electron chi connectivity index (χ1n) is 8.12. The van der Waals surface area contributed by atoms with Crippen LogP contribution in [0.2, 0.25) is 0 Å². The van der Waals surface area contributed by atoms with Gasteiger partial charge in [-0.3, -0.25) is 9.48 Å². The number of nitrogens with zero attached hydrogens (tertiary/aromatic N) is 2. The van der Waals surface area contributed by atoms with E-state index in [4.69, 9.17) is 4.74 Å². The Bertz CT molecular complexity index is 897. The number of amides is 1. The number of ether oxygens (including phenoxy) is 1. The first-order valence-corrected chi connectivity index (χ1v) is 8.12. The van der Waals surface area contributed by atoms with Gasteiger partial charge in [-0.25, -0.2) is 0 Å². The molecule has 0 unspecified atom stereocenters. The van der Waals surface area contributed by atoms with Crippen LogP contribution in [0, 0.1) is 0 Å². The summed E-state index contributed by atoms with van der Waals surface area (Å²) in [6.07, 6.45) is 4.00. The van der Waals surface area contributed by atoms with Crippen LogP contribution in [0.4, 0.5) is 0 Å². The van der Waals surface area contributed by atoms with Crippen molar-refractivity contribution in [1.29, 1.82) is 0 Å². The molecule has 3 aromatic rings. The summed E-state index contributed by atoms with van der Waals surface area (Å²) in [4.78, 5) is 12.3. The Morgan fingerprint density at radius 3 is 2.96 bits per heavy atom. The number of aromatic nitrogens is 2. The molecule has 5 heteroatoms. The van der Waals surface area contributed by atoms with Crippen LogP contribution in [0.1, 0.15) is 28.8 Å². The molecule has 1 heterocycles. The summed E-state index contributed by atoms with van der Waals surface area (Å²) in [5.41, 5.74) is 2.75. The summed E-state index contributed by atoms with van der Waals surface area (Å²) in [7, 11) is 1.66. The van der Waals surface area contributed by atoms with Gasteiger partial charge in [-0.1, -0.05) is 18.2 Å². The number of benzene rings is 2. The van der Waals surface area contributed by atoms with Crippen LogP contribution in [0.3, 0.4) is 0 Å². The second-order valence-corrected chi connectivity index (χ2v) is 6.18. The van der Waals surface area contributed by atoms with Gasteiger partial charge >= 0.3 is 0 Å². The molecule has 1 fully saturated rings. The van der Waals surface area contributed by atoms with E-state index in [1.807, 2.05) is 53.3 Å². The summed E-state index contributed by atoms with van der Waals surface area (Å²) in [5.74, 6) is 0.821. The average Bonchev–Trinajstić information content (AvgIpc) is 3.34. The van der Waals surface area contributed by atoms with Crippen molar-refractivity contribution >= 4 is 16.8 Å². The first kappa shape index (κ1) is 14.8. The van der Waals surface area contributed by atoms with Gasteiger partial charge in [0, 0.05) is 17.0 Å². The Balaban J connectivity index is 1.63. The van der Waals surface area contributed by atoms with Gasteiger partial charge in [0.1, 0.15) is 5.75 Å². The van der Waals surface area contributed by atoms with Crippen molar-refractivity contribution in [1.82, 2.24) is 15.1 Å². The summed E-state index contributed by atoms with van der Waals surface area (Å²) in [5, 5.41) is 8.52. The number of methoxy groups -OCH3 is 1. The second-order valence-electron chi connectivity index (χ2n) is 6.18. The summed E-state index contributed by atoms with van der Waals surface area (Å²) >= 11 is 0. The molecule has 1 aliphatic carbocycles. The van der Waals surface area contributed by atoms with Crippen LogP contribution < -0.4 is 10.1 Å². The zero-order valence-electron chi connectivity index (χ0n) is 13.5. The van der Waals surface area contributed by atoms with Gasteiger partial charge in [-0.05, 0) is 42.7 Å². The van der Waals surface area contributed by atoms with Crippen molar-refractivity contribution in [2.24, 2.45) is 0 Å². The third-order valence-electron chi connectivity index (χ3n) is 4.29. The van der Waals surface area contributed by atoms with Crippen molar-refractivity contribution < 1.29 is 9.53 Å². The highest BCUT2D eigenvalue weighted by Gasteiger charge is 2.24. The van der Waals surface area contributed by atoms with Crippen molar-refractivity contribution in [2.45, 2.75) is 25.4 Å². The topological polar surface area (TPSA) is 56.2 Å². The van der Waals surface area contributed by atoms with E-state index < -0.39 is 0 Å². The molecule has 122 valence electrons. The van der Waals surface area contributed by atoms with Crippen LogP contribution in [0.25, 0.3) is 10.9 Å². The minimum atomic E-state index is -0.00599. The second kappa shape index (κ2) is 6.00. The Morgan fingerprint density at radius 2 is 2.17 bits per heavy atom. The van der Waals surface area contributed by atoms with E-state index in [1.54, 1.807) is 7.11 Å². The zero-order chi connectivity index (χ0) is 16.5. The largest absolute Gasteiger partial charge is 0.497 e.